The van der Waals surface area contributed by atoms with Gasteiger partial charge in [0.05, 0.1) is 16.7 Å². The highest BCUT2D eigenvalue weighted by Crippen LogP contribution is 2.49. The van der Waals surface area contributed by atoms with E-state index in [4.69, 9.17) is 0 Å². The summed E-state index contributed by atoms with van der Waals surface area (Å²) in [5, 5.41) is 12.4. The Morgan fingerprint density at radius 2 is 0.778 bits per heavy atom. The van der Waals surface area contributed by atoms with Gasteiger partial charge >= 0.3 is 0 Å². The van der Waals surface area contributed by atoms with Crippen molar-refractivity contribution in [2.45, 2.75) is 13.8 Å². The van der Waals surface area contributed by atoms with Crippen LogP contribution < -0.4 is 0 Å². The Hall–Kier alpha value is -8.00. The van der Waals surface area contributed by atoms with E-state index in [1.807, 2.05) is 0 Å². The summed E-state index contributed by atoms with van der Waals surface area (Å²) in [4.78, 5) is 0. The molecule has 0 unspecified atom stereocenters. The highest BCUT2D eigenvalue weighted by molar-refractivity contribution is 6.24. The number of nitrogens with zero attached hydrogens (tertiary/aromatic N) is 1. The van der Waals surface area contributed by atoms with Crippen LogP contribution in [0.4, 0.5) is 0 Å². The Morgan fingerprint density at radius 3 is 1.29 bits per heavy atom. The molecule has 0 aliphatic heterocycles. The van der Waals surface area contributed by atoms with Gasteiger partial charge in [0.1, 0.15) is 0 Å². The highest BCUT2D eigenvalue weighted by Gasteiger charge is 2.24. The van der Waals surface area contributed by atoms with Crippen LogP contribution in [0.3, 0.4) is 0 Å². The lowest BCUT2D eigenvalue weighted by atomic mass is 9.81. The van der Waals surface area contributed by atoms with Crippen LogP contribution in [-0.4, -0.2) is 4.57 Å². The first-order valence-corrected chi connectivity index (χ1v) is 21.9. The second kappa shape index (κ2) is 14.6. The summed E-state index contributed by atoms with van der Waals surface area (Å²) < 4.78 is 2.49. The molecule has 63 heavy (non-hydrogen) atoms. The van der Waals surface area contributed by atoms with E-state index in [-0.39, 0.29) is 0 Å². The Balaban J connectivity index is 1.11. The summed E-state index contributed by atoms with van der Waals surface area (Å²) in [5.41, 5.74) is 16.9. The van der Waals surface area contributed by atoms with Gasteiger partial charge in [-0.05, 0) is 114 Å². The second-order valence-corrected chi connectivity index (χ2v) is 16.9. The molecule has 0 saturated heterocycles. The van der Waals surface area contributed by atoms with Crippen molar-refractivity contribution in [3.05, 3.63) is 230 Å². The van der Waals surface area contributed by atoms with Gasteiger partial charge in [-0.2, -0.15) is 0 Å². The minimum Gasteiger partial charge on any atom is -0.308 e. The lowest BCUT2D eigenvalue weighted by Crippen LogP contribution is -1.99. The summed E-state index contributed by atoms with van der Waals surface area (Å²) in [6, 6.07) is 78.2. The molecule has 0 N–H and O–H groups in total. The molecule has 11 aromatic carbocycles. The molecule has 0 amide bonds. The van der Waals surface area contributed by atoms with Crippen LogP contribution in [0.5, 0.6) is 0 Å². The fourth-order valence-electron chi connectivity index (χ4n) is 10.7. The Labute approximate surface area is 367 Å². The average molecular weight is 802 g/mol. The molecule has 296 valence electrons. The molecule has 0 aliphatic carbocycles. The molecular formula is C62H43N. The highest BCUT2D eigenvalue weighted by atomic mass is 15.0. The molecule has 0 atom stereocenters. The van der Waals surface area contributed by atoms with E-state index in [2.05, 4.69) is 237 Å². The van der Waals surface area contributed by atoms with Gasteiger partial charge in [0, 0.05) is 21.5 Å². The normalized spacial score (nSPS) is 11.7. The molecule has 0 spiro atoms. The fourth-order valence-corrected chi connectivity index (χ4v) is 10.7. The zero-order valence-corrected chi connectivity index (χ0v) is 35.4. The third-order valence-corrected chi connectivity index (χ3v) is 13.3. The maximum Gasteiger partial charge on any atom is 0.0619 e. The number of aryl methyl sites for hydroxylation is 1. The summed E-state index contributed by atoms with van der Waals surface area (Å²) in [6.07, 6.45) is 0. The van der Waals surface area contributed by atoms with Crippen molar-refractivity contribution in [1.82, 2.24) is 4.57 Å². The van der Waals surface area contributed by atoms with Gasteiger partial charge in [-0.1, -0.05) is 212 Å². The molecule has 0 fully saturated rings. The van der Waals surface area contributed by atoms with Crippen molar-refractivity contribution in [3.63, 3.8) is 0 Å². The van der Waals surface area contributed by atoms with Crippen molar-refractivity contribution < 1.29 is 0 Å². The standard InChI is InChI=1S/C62H43N/c1-39(2)43-32-19-33-55(61-49-26-9-7-24-47(49)58(41-20-5-4-6-21-41)48-25-8-10-27-50(48)61)60(43)44-37-36-42(38-40(44)3)59-51-28-11-13-30-53(51)62(54-31-14-12-29-52(54)59)63-56-34-17-15-22-45(56)46-23-16-18-35-57(46)63/h4-38H,1H2,2-3H3. The molecule has 12 rings (SSSR count). The van der Waals surface area contributed by atoms with Crippen molar-refractivity contribution in [1.29, 1.82) is 0 Å². The van der Waals surface area contributed by atoms with Gasteiger partial charge in [-0.3, -0.25) is 0 Å². The van der Waals surface area contributed by atoms with Crippen LogP contribution in [0.15, 0.2) is 219 Å². The zero-order chi connectivity index (χ0) is 42.2. The van der Waals surface area contributed by atoms with Crippen LogP contribution >= 0.6 is 0 Å². The molecule has 1 nitrogen and oxygen atoms in total. The summed E-state index contributed by atoms with van der Waals surface area (Å²) >= 11 is 0. The smallest absolute Gasteiger partial charge is 0.0619 e. The topological polar surface area (TPSA) is 4.93 Å². The Bertz CT molecular complexity index is 3660. The van der Waals surface area contributed by atoms with Gasteiger partial charge in [-0.15, -0.1) is 0 Å². The van der Waals surface area contributed by atoms with E-state index in [9.17, 15) is 0 Å². The van der Waals surface area contributed by atoms with Gasteiger partial charge in [0.25, 0.3) is 0 Å². The minimum atomic E-state index is 1.04. The first-order valence-electron chi connectivity index (χ1n) is 21.9. The molecule has 0 saturated carbocycles. The van der Waals surface area contributed by atoms with Crippen LogP contribution in [0, 0.1) is 6.92 Å². The van der Waals surface area contributed by atoms with Crippen LogP contribution in [0.2, 0.25) is 0 Å². The number of aromatic nitrogens is 1. The van der Waals surface area contributed by atoms with Gasteiger partial charge in [0.15, 0.2) is 0 Å². The maximum absolute atomic E-state index is 4.55. The minimum absolute atomic E-state index is 1.04. The monoisotopic (exact) mass is 801 g/mol. The lowest BCUT2D eigenvalue weighted by molar-refractivity contribution is 1.21. The summed E-state index contributed by atoms with van der Waals surface area (Å²) in [7, 11) is 0. The Morgan fingerprint density at radius 1 is 0.349 bits per heavy atom. The number of para-hydroxylation sites is 2. The predicted octanol–water partition coefficient (Wildman–Crippen LogP) is 17.4. The third kappa shape index (κ3) is 5.63. The zero-order valence-electron chi connectivity index (χ0n) is 35.4. The molecule has 0 aliphatic rings. The first-order chi connectivity index (χ1) is 31.1. The van der Waals surface area contributed by atoms with E-state index < -0.39 is 0 Å². The molecule has 1 aromatic heterocycles. The maximum atomic E-state index is 4.55. The number of allylic oxidation sites excluding steroid dienone is 1. The second-order valence-electron chi connectivity index (χ2n) is 16.9. The van der Waals surface area contributed by atoms with E-state index in [1.54, 1.807) is 0 Å². The Kier molecular flexibility index (Phi) is 8.52. The number of rotatable bonds is 6. The molecule has 0 radical (unpaired) electrons. The van der Waals surface area contributed by atoms with Crippen molar-refractivity contribution in [3.8, 4) is 50.2 Å². The average Bonchev–Trinajstić information content (AvgIpc) is 3.66. The van der Waals surface area contributed by atoms with Crippen molar-refractivity contribution >= 4 is 70.5 Å². The van der Waals surface area contributed by atoms with Crippen LogP contribution in [0.1, 0.15) is 18.1 Å². The van der Waals surface area contributed by atoms with E-state index in [0.29, 0.717) is 0 Å². The predicted molar refractivity (Wildman–Crippen MR) is 272 cm³/mol. The molecular weight excluding hydrogens is 759 g/mol. The van der Waals surface area contributed by atoms with Gasteiger partial charge in [0.2, 0.25) is 0 Å². The first kappa shape index (κ1) is 36.8. The van der Waals surface area contributed by atoms with Crippen LogP contribution in [-0.2, 0) is 0 Å². The fraction of sp³-hybridized carbons (Fsp3) is 0.0323. The number of hydrogen-bond acceptors (Lipinski definition) is 0. The molecule has 1 heteroatoms. The third-order valence-electron chi connectivity index (χ3n) is 13.3. The van der Waals surface area contributed by atoms with Gasteiger partial charge < -0.3 is 4.57 Å². The number of hydrogen-bond donors (Lipinski definition) is 0. The molecule has 12 aromatic rings. The van der Waals surface area contributed by atoms with E-state index in [0.717, 1.165) is 11.1 Å². The summed E-state index contributed by atoms with van der Waals surface area (Å²) in [5.74, 6) is 0. The van der Waals surface area contributed by atoms with E-state index >= 15 is 0 Å². The molecule has 1 heterocycles. The lowest BCUT2D eigenvalue weighted by Gasteiger charge is -2.23. The number of benzene rings is 11. The number of fused-ring (bicyclic) bond motifs is 7. The van der Waals surface area contributed by atoms with Crippen molar-refractivity contribution in [2.75, 3.05) is 0 Å². The summed E-state index contributed by atoms with van der Waals surface area (Å²) in [6.45, 7) is 8.97. The SMILES string of the molecule is C=C(C)c1cccc(-c2c3ccccc3c(-c3ccccc3)c3ccccc23)c1-c1ccc(-c2c3ccccc3c(-n3c4ccccc4c4ccccc43)c3ccccc23)cc1C. The van der Waals surface area contributed by atoms with E-state index in [1.165, 1.54) is 121 Å². The van der Waals surface area contributed by atoms with Gasteiger partial charge in [-0.25, -0.2) is 0 Å². The van der Waals surface area contributed by atoms with Crippen molar-refractivity contribution in [2.24, 2.45) is 0 Å². The largest absolute Gasteiger partial charge is 0.308 e. The molecule has 0 bridgehead atoms. The quantitative estimate of drug-likeness (QED) is 0.148. The van der Waals surface area contributed by atoms with Crippen LogP contribution in [0.25, 0.3) is 121 Å².